The molecule has 0 aliphatic heterocycles. The molecule has 0 amide bonds. The molecule has 0 aliphatic rings. The highest BCUT2D eigenvalue weighted by Gasteiger charge is 2.36. The second-order valence-corrected chi connectivity index (χ2v) is 6.26. The molecule has 7 heteroatoms. The molecular formula is C22H31NO6. The van der Waals surface area contributed by atoms with E-state index in [-0.39, 0.29) is 12.6 Å². The first-order valence-electron chi connectivity index (χ1n) is 10.1. The maximum Gasteiger partial charge on any atom is 0.338 e. The highest BCUT2D eigenvalue weighted by atomic mass is 16.7. The van der Waals surface area contributed by atoms with Crippen molar-refractivity contribution in [2.75, 3.05) is 26.4 Å². The summed E-state index contributed by atoms with van der Waals surface area (Å²) in [5.41, 5.74) is 1.45. The summed E-state index contributed by atoms with van der Waals surface area (Å²) >= 11 is 0. The van der Waals surface area contributed by atoms with Crippen LogP contribution in [0.3, 0.4) is 0 Å². The molecule has 160 valence electrons. The Morgan fingerprint density at radius 2 is 1.52 bits per heavy atom. The lowest BCUT2D eigenvalue weighted by atomic mass is 9.87. The van der Waals surface area contributed by atoms with E-state index in [1.165, 1.54) is 0 Å². The van der Waals surface area contributed by atoms with Crippen LogP contribution in [0.5, 0.6) is 0 Å². The smallest absolute Gasteiger partial charge is 0.338 e. The number of rotatable bonds is 13. The predicted octanol–water partition coefficient (Wildman–Crippen LogP) is 3.51. The van der Waals surface area contributed by atoms with Gasteiger partial charge in [0.15, 0.2) is 12.2 Å². The van der Waals surface area contributed by atoms with Gasteiger partial charge in [0.05, 0.1) is 24.8 Å². The Hall–Kier alpha value is -2.43. The third-order valence-electron chi connectivity index (χ3n) is 4.35. The molecule has 2 atom stereocenters. The van der Waals surface area contributed by atoms with Gasteiger partial charge >= 0.3 is 11.9 Å². The molecule has 0 radical (unpaired) electrons. The highest BCUT2D eigenvalue weighted by Crippen LogP contribution is 2.27. The molecular weight excluding hydrogens is 374 g/mol. The minimum absolute atomic E-state index is 0.201. The van der Waals surface area contributed by atoms with E-state index in [2.05, 4.69) is 6.07 Å². The average Bonchev–Trinajstić information content (AvgIpc) is 2.71. The van der Waals surface area contributed by atoms with Crippen LogP contribution in [0.25, 0.3) is 0 Å². The first-order chi connectivity index (χ1) is 14.0. The zero-order valence-corrected chi connectivity index (χ0v) is 17.7. The van der Waals surface area contributed by atoms with Gasteiger partial charge in [0, 0.05) is 19.1 Å². The van der Waals surface area contributed by atoms with Crippen molar-refractivity contribution in [3.05, 3.63) is 35.4 Å². The largest absolute Gasteiger partial charge is 0.465 e. The summed E-state index contributed by atoms with van der Waals surface area (Å²) in [4.78, 5) is 24.1. The molecule has 29 heavy (non-hydrogen) atoms. The van der Waals surface area contributed by atoms with E-state index in [1.54, 1.807) is 26.0 Å². The lowest BCUT2D eigenvalue weighted by Crippen LogP contribution is -2.37. The van der Waals surface area contributed by atoms with Crippen LogP contribution >= 0.6 is 0 Å². The topological polar surface area (TPSA) is 94.9 Å². The molecule has 0 saturated heterocycles. The fraction of sp³-hybridized carbons (Fsp3) is 0.591. The van der Waals surface area contributed by atoms with Crippen LogP contribution in [0.1, 0.15) is 50.0 Å². The molecule has 0 aliphatic carbocycles. The number of carbonyl (C=O) groups is 2. The van der Waals surface area contributed by atoms with Crippen LogP contribution in [0.2, 0.25) is 0 Å². The van der Waals surface area contributed by atoms with Gasteiger partial charge in [-0.2, -0.15) is 5.26 Å². The van der Waals surface area contributed by atoms with Crippen molar-refractivity contribution in [1.82, 2.24) is 0 Å². The van der Waals surface area contributed by atoms with Crippen molar-refractivity contribution in [3.63, 3.8) is 0 Å². The van der Waals surface area contributed by atoms with Crippen LogP contribution in [0.15, 0.2) is 24.3 Å². The second-order valence-electron chi connectivity index (χ2n) is 6.26. The van der Waals surface area contributed by atoms with Gasteiger partial charge in [-0.3, -0.25) is 4.79 Å². The van der Waals surface area contributed by atoms with Gasteiger partial charge in [-0.25, -0.2) is 4.79 Å². The molecule has 0 fully saturated rings. The van der Waals surface area contributed by atoms with Gasteiger partial charge in [0.1, 0.15) is 0 Å². The quantitative estimate of drug-likeness (QED) is 0.366. The van der Waals surface area contributed by atoms with E-state index >= 15 is 0 Å². The Kier molecular flexibility index (Phi) is 11.6. The van der Waals surface area contributed by atoms with Crippen molar-refractivity contribution in [2.24, 2.45) is 11.8 Å². The van der Waals surface area contributed by atoms with Crippen LogP contribution < -0.4 is 0 Å². The number of hydrogen-bond donors (Lipinski definition) is 0. The monoisotopic (exact) mass is 405 g/mol. The summed E-state index contributed by atoms with van der Waals surface area (Å²) in [5.74, 6) is -2.40. The molecule has 0 heterocycles. The van der Waals surface area contributed by atoms with E-state index in [4.69, 9.17) is 18.9 Å². The number of hydrogen-bond acceptors (Lipinski definition) is 7. The minimum Gasteiger partial charge on any atom is -0.465 e. The van der Waals surface area contributed by atoms with Crippen LogP contribution in [0, 0.1) is 23.2 Å². The van der Waals surface area contributed by atoms with Gasteiger partial charge < -0.3 is 18.9 Å². The second kappa shape index (κ2) is 13.7. The predicted molar refractivity (Wildman–Crippen MR) is 107 cm³/mol. The third kappa shape index (κ3) is 7.84. The summed E-state index contributed by atoms with van der Waals surface area (Å²) in [6.45, 7) is 8.46. The molecule has 0 aromatic heterocycles. The van der Waals surface area contributed by atoms with Crippen LogP contribution in [-0.2, 0) is 30.2 Å². The van der Waals surface area contributed by atoms with Gasteiger partial charge in [-0.15, -0.1) is 0 Å². The molecule has 0 spiro atoms. The molecule has 0 bridgehead atoms. The van der Waals surface area contributed by atoms with Crippen LogP contribution in [-0.4, -0.2) is 44.7 Å². The molecule has 1 aromatic rings. The minimum atomic E-state index is -0.989. The average molecular weight is 405 g/mol. The van der Waals surface area contributed by atoms with E-state index in [9.17, 15) is 14.9 Å². The summed E-state index contributed by atoms with van der Waals surface area (Å²) in [5, 5.41) is 9.61. The first-order valence-corrected chi connectivity index (χ1v) is 10.1. The van der Waals surface area contributed by atoms with Crippen molar-refractivity contribution in [3.8, 4) is 6.07 Å². The van der Waals surface area contributed by atoms with Gasteiger partial charge in [0.2, 0.25) is 0 Å². The van der Waals surface area contributed by atoms with Gasteiger partial charge in [-0.1, -0.05) is 12.1 Å². The number of aryl methyl sites for hydroxylation is 1. The Labute approximate surface area is 172 Å². The number of benzene rings is 1. The van der Waals surface area contributed by atoms with Crippen molar-refractivity contribution in [1.29, 1.82) is 5.26 Å². The lowest BCUT2D eigenvalue weighted by Gasteiger charge is -2.29. The van der Waals surface area contributed by atoms with Crippen molar-refractivity contribution < 1.29 is 28.5 Å². The van der Waals surface area contributed by atoms with Crippen molar-refractivity contribution in [2.45, 2.75) is 46.8 Å². The number of carbonyl (C=O) groups excluding carboxylic acids is 2. The standard InChI is InChI=1S/C22H31NO6/c1-5-26-20(24)17-12-9-16(10-13-17)11-14-18(22(28-7-3)29-8-4)19(15-23)21(25)27-6-2/h9-10,12-13,18-19,22H,5-8,11,14H2,1-4H3. The van der Waals surface area contributed by atoms with Gasteiger partial charge in [0.25, 0.3) is 0 Å². The number of ether oxygens (including phenoxy) is 4. The number of nitriles is 1. The van der Waals surface area contributed by atoms with Gasteiger partial charge in [-0.05, 0) is 58.2 Å². The van der Waals surface area contributed by atoms with E-state index in [0.717, 1.165) is 5.56 Å². The maximum absolute atomic E-state index is 12.3. The fourth-order valence-corrected chi connectivity index (χ4v) is 2.99. The van der Waals surface area contributed by atoms with Crippen LogP contribution in [0.4, 0.5) is 0 Å². The van der Waals surface area contributed by atoms with E-state index in [0.29, 0.717) is 38.2 Å². The summed E-state index contributed by atoms with van der Waals surface area (Å²) in [6.07, 6.45) is 0.389. The first kappa shape index (κ1) is 24.6. The van der Waals surface area contributed by atoms with E-state index < -0.39 is 24.1 Å². The normalized spacial score (nSPS) is 12.8. The lowest BCUT2D eigenvalue weighted by molar-refractivity contribution is -0.184. The summed E-state index contributed by atoms with van der Waals surface area (Å²) in [6, 6.07) is 9.15. The zero-order valence-electron chi connectivity index (χ0n) is 17.7. The third-order valence-corrected chi connectivity index (χ3v) is 4.35. The molecule has 2 unspecified atom stereocenters. The molecule has 0 N–H and O–H groups in total. The SMILES string of the molecule is CCOC(=O)c1ccc(CCC(C(OCC)OCC)C(C#N)C(=O)OCC)cc1. The molecule has 1 rings (SSSR count). The Morgan fingerprint density at radius 3 is 2.00 bits per heavy atom. The molecule has 0 saturated carbocycles. The summed E-state index contributed by atoms with van der Waals surface area (Å²) < 4.78 is 21.4. The Morgan fingerprint density at radius 1 is 0.931 bits per heavy atom. The zero-order chi connectivity index (χ0) is 21.6. The molecule has 1 aromatic carbocycles. The Balaban J connectivity index is 2.97. The highest BCUT2D eigenvalue weighted by molar-refractivity contribution is 5.89. The van der Waals surface area contributed by atoms with E-state index in [1.807, 2.05) is 26.0 Å². The van der Waals surface area contributed by atoms with Crippen molar-refractivity contribution >= 4 is 11.9 Å². The number of esters is 2. The molecule has 7 nitrogen and oxygen atoms in total. The fourth-order valence-electron chi connectivity index (χ4n) is 2.99. The maximum atomic E-state index is 12.3. The number of nitrogens with zero attached hydrogens (tertiary/aromatic N) is 1. The summed E-state index contributed by atoms with van der Waals surface area (Å²) in [7, 11) is 0. The Bertz CT molecular complexity index is 661.